The second-order valence-corrected chi connectivity index (χ2v) is 10.6. The first kappa shape index (κ1) is 24.0. The molecule has 2 saturated heterocycles. The van der Waals surface area contributed by atoms with Gasteiger partial charge in [-0.3, -0.25) is 14.5 Å². The number of unbranched alkanes of at least 4 members (excludes halogenated alkanes) is 3. The molecule has 0 N–H and O–H groups in total. The fraction of sp³-hybridized carbons (Fsp3) is 0.500. The van der Waals surface area contributed by atoms with E-state index in [1.54, 1.807) is 15.5 Å². The van der Waals surface area contributed by atoms with E-state index in [1.165, 1.54) is 24.6 Å². The molecule has 0 saturated carbocycles. The molecular formula is C26H33N3O2S2. The molecule has 2 fully saturated rings. The van der Waals surface area contributed by atoms with Gasteiger partial charge in [0.25, 0.3) is 11.5 Å². The number of carbonyl (C=O) groups is 1. The van der Waals surface area contributed by atoms with Crippen molar-refractivity contribution in [2.75, 3.05) is 24.5 Å². The number of para-hydroxylation sites is 1. The second-order valence-electron chi connectivity index (χ2n) is 8.94. The van der Waals surface area contributed by atoms with Crippen molar-refractivity contribution < 1.29 is 4.79 Å². The number of hydrogen-bond donors (Lipinski definition) is 0. The normalized spacial score (nSPS) is 18.5. The van der Waals surface area contributed by atoms with Crippen molar-refractivity contribution in [3.8, 4) is 0 Å². The number of amides is 1. The van der Waals surface area contributed by atoms with Gasteiger partial charge in [-0.15, -0.1) is 0 Å². The van der Waals surface area contributed by atoms with Gasteiger partial charge in [-0.05, 0) is 31.4 Å². The van der Waals surface area contributed by atoms with Crippen LogP contribution in [0.15, 0.2) is 34.0 Å². The predicted octanol–water partition coefficient (Wildman–Crippen LogP) is 5.70. The summed E-state index contributed by atoms with van der Waals surface area (Å²) in [6, 6.07) is 8.08. The molecule has 0 radical (unpaired) electrons. The molecule has 5 nitrogen and oxygen atoms in total. The quantitative estimate of drug-likeness (QED) is 0.287. The number of hydrogen-bond acceptors (Lipinski definition) is 5. The van der Waals surface area contributed by atoms with Crippen molar-refractivity contribution in [3.63, 3.8) is 0 Å². The largest absolute Gasteiger partial charge is 0.370 e. The molecule has 0 aliphatic carbocycles. The fourth-order valence-electron chi connectivity index (χ4n) is 4.79. The topological polar surface area (TPSA) is 45.6 Å². The standard InChI is InChI=1S/C26H33N3O2S2/c1-3-4-5-12-17-29-25(31)22(33-26(29)32)18-20-23(28-15-10-6-7-11-16-28)19-13-8-9-14-21(19)27(2)24(20)30/h8-9,13-14,18H,3-7,10-12,15-17H2,1-2H3. The number of thioether (sulfide) groups is 1. The average Bonchev–Trinajstić information content (AvgIpc) is 2.99. The first-order chi connectivity index (χ1) is 16.0. The van der Waals surface area contributed by atoms with Crippen LogP contribution in [0, 0.1) is 0 Å². The van der Waals surface area contributed by atoms with E-state index in [4.69, 9.17) is 12.2 Å². The smallest absolute Gasteiger partial charge is 0.266 e. The summed E-state index contributed by atoms with van der Waals surface area (Å²) < 4.78 is 2.30. The Labute approximate surface area is 205 Å². The van der Waals surface area contributed by atoms with E-state index in [-0.39, 0.29) is 11.5 Å². The fourth-order valence-corrected chi connectivity index (χ4v) is 6.08. The van der Waals surface area contributed by atoms with Crippen LogP contribution in [0.1, 0.15) is 63.9 Å². The highest BCUT2D eigenvalue weighted by atomic mass is 32.2. The summed E-state index contributed by atoms with van der Waals surface area (Å²) in [5, 5.41) is 1.06. The maximum absolute atomic E-state index is 13.6. The van der Waals surface area contributed by atoms with Crippen molar-refractivity contribution >= 4 is 56.9 Å². The van der Waals surface area contributed by atoms with Crippen LogP contribution in [0.2, 0.25) is 0 Å². The van der Waals surface area contributed by atoms with Crippen LogP contribution in [0.25, 0.3) is 17.0 Å². The highest BCUT2D eigenvalue weighted by molar-refractivity contribution is 8.26. The lowest BCUT2D eigenvalue weighted by Crippen LogP contribution is -2.30. The van der Waals surface area contributed by atoms with Crippen LogP contribution in [0.4, 0.5) is 5.69 Å². The van der Waals surface area contributed by atoms with Crippen molar-refractivity contribution in [1.82, 2.24) is 9.47 Å². The lowest BCUT2D eigenvalue weighted by molar-refractivity contribution is -0.122. The summed E-state index contributed by atoms with van der Waals surface area (Å²) in [4.78, 5) is 31.4. The van der Waals surface area contributed by atoms with Gasteiger partial charge in [-0.2, -0.15) is 0 Å². The Bertz CT molecular complexity index is 1130. The van der Waals surface area contributed by atoms with Crippen molar-refractivity contribution in [3.05, 3.63) is 45.1 Å². The number of thiocarbonyl (C=S) groups is 1. The van der Waals surface area contributed by atoms with Crippen LogP contribution >= 0.6 is 24.0 Å². The zero-order chi connectivity index (χ0) is 23.4. The summed E-state index contributed by atoms with van der Waals surface area (Å²) in [5.74, 6) is -0.0708. The van der Waals surface area contributed by atoms with E-state index >= 15 is 0 Å². The van der Waals surface area contributed by atoms with E-state index in [9.17, 15) is 9.59 Å². The number of fused-ring (bicyclic) bond motifs is 1. The van der Waals surface area contributed by atoms with Gasteiger partial charge in [-0.1, -0.05) is 81.2 Å². The maximum atomic E-state index is 13.6. The molecule has 1 aromatic carbocycles. The van der Waals surface area contributed by atoms with Gasteiger partial charge >= 0.3 is 0 Å². The van der Waals surface area contributed by atoms with Gasteiger partial charge in [0.15, 0.2) is 0 Å². The average molecular weight is 484 g/mol. The number of aryl methyl sites for hydroxylation is 1. The number of anilines is 1. The molecule has 0 bridgehead atoms. The number of nitrogens with zero attached hydrogens (tertiary/aromatic N) is 3. The van der Waals surface area contributed by atoms with E-state index in [0.29, 0.717) is 21.3 Å². The van der Waals surface area contributed by atoms with Gasteiger partial charge in [0, 0.05) is 32.1 Å². The third-order valence-electron chi connectivity index (χ3n) is 6.62. The molecule has 2 aliphatic rings. The Morgan fingerprint density at radius 3 is 2.48 bits per heavy atom. The summed E-state index contributed by atoms with van der Waals surface area (Å²) in [7, 11) is 1.81. The summed E-state index contributed by atoms with van der Waals surface area (Å²) in [5.41, 5.74) is 2.41. The first-order valence-corrected chi connectivity index (χ1v) is 13.4. The monoisotopic (exact) mass is 483 g/mol. The second kappa shape index (κ2) is 10.9. The Kier molecular flexibility index (Phi) is 7.91. The third kappa shape index (κ3) is 5.04. The molecule has 176 valence electrons. The van der Waals surface area contributed by atoms with Crippen LogP contribution in [0.5, 0.6) is 0 Å². The zero-order valence-corrected chi connectivity index (χ0v) is 21.3. The lowest BCUT2D eigenvalue weighted by atomic mass is 10.1. The Morgan fingerprint density at radius 1 is 1.03 bits per heavy atom. The minimum atomic E-state index is -0.0708. The molecule has 0 unspecified atom stereocenters. The first-order valence-electron chi connectivity index (χ1n) is 12.1. The van der Waals surface area contributed by atoms with E-state index < -0.39 is 0 Å². The van der Waals surface area contributed by atoms with Gasteiger partial charge < -0.3 is 9.47 Å². The van der Waals surface area contributed by atoms with Crippen LogP contribution in [-0.2, 0) is 11.8 Å². The molecule has 2 aliphatic heterocycles. The third-order valence-corrected chi connectivity index (χ3v) is 8.00. The van der Waals surface area contributed by atoms with Gasteiger partial charge in [-0.25, -0.2) is 0 Å². The van der Waals surface area contributed by atoms with Crippen LogP contribution < -0.4 is 10.5 Å². The maximum Gasteiger partial charge on any atom is 0.266 e. The Hall–Kier alpha value is -2.12. The molecule has 3 heterocycles. The zero-order valence-electron chi connectivity index (χ0n) is 19.6. The minimum Gasteiger partial charge on any atom is -0.370 e. The molecule has 1 amide bonds. The van der Waals surface area contributed by atoms with Crippen molar-refractivity contribution in [1.29, 1.82) is 0 Å². The molecule has 7 heteroatoms. The number of rotatable bonds is 7. The molecule has 4 rings (SSSR count). The predicted molar refractivity (Wildman–Crippen MR) is 144 cm³/mol. The number of pyridine rings is 1. The van der Waals surface area contributed by atoms with E-state index in [1.807, 2.05) is 25.2 Å². The summed E-state index contributed by atoms with van der Waals surface area (Å²) in [6.07, 6.45) is 10.8. The highest BCUT2D eigenvalue weighted by Crippen LogP contribution is 2.36. The SMILES string of the molecule is CCCCCCN1C(=O)C(=Cc2c(N3CCCCCC3)c3ccccc3n(C)c2=O)SC1=S. The Balaban J connectivity index is 1.77. The molecule has 2 aromatic rings. The lowest BCUT2D eigenvalue weighted by Gasteiger charge is -2.27. The van der Waals surface area contributed by atoms with Crippen LogP contribution in [0.3, 0.4) is 0 Å². The number of carbonyl (C=O) groups excluding carboxylic acids is 1. The van der Waals surface area contributed by atoms with Crippen LogP contribution in [-0.4, -0.2) is 39.3 Å². The molecule has 0 spiro atoms. The van der Waals surface area contributed by atoms with Gasteiger partial charge in [0.05, 0.1) is 21.7 Å². The number of aromatic nitrogens is 1. The van der Waals surface area contributed by atoms with E-state index in [0.717, 1.165) is 68.2 Å². The summed E-state index contributed by atoms with van der Waals surface area (Å²) >= 11 is 6.86. The van der Waals surface area contributed by atoms with Gasteiger partial charge in [0.1, 0.15) is 4.32 Å². The highest BCUT2D eigenvalue weighted by Gasteiger charge is 2.32. The van der Waals surface area contributed by atoms with Gasteiger partial charge in [0.2, 0.25) is 0 Å². The minimum absolute atomic E-state index is 0.0684. The number of benzene rings is 1. The molecular weight excluding hydrogens is 450 g/mol. The summed E-state index contributed by atoms with van der Waals surface area (Å²) in [6.45, 7) is 4.68. The Morgan fingerprint density at radius 2 is 1.76 bits per heavy atom. The molecule has 33 heavy (non-hydrogen) atoms. The van der Waals surface area contributed by atoms with E-state index in [2.05, 4.69) is 17.9 Å². The van der Waals surface area contributed by atoms with Crippen molar-refractivity contribution in [2.45, 2.75) is 58.3 Å². The molecule has 1 aromatic heterocycles. The van der Waals surface area contributed by atoms with Crippen molar-refractivity contribution in [2.24, 2.45) is 7.05 Å². The molecule has 0 atom stereocenters.